The molecule has 1 heterocycles. The molecular weight excluding hydrogens is 169 g/mol. The second kappa shape index (κ2) is 2.88. The van der Waals surface area contributed by atoms with Gasteiger partial charge in [0.05, 0.1) is 0 Å². The SMILES string of the molecule is NCC1(Cc2ccc(F)cc2)N=N1. The summed E-state index contributed by atoms with van der Waals surface area (Å²) in [5, 5.41) is 7.75. The molecule has 0 aliphatic carbocycles. The van der Waals surface area contributed by atoms with Gasteiger partial charge in [-0.05, 0) is 17.7 Å². The average molecular weight is 179 g/mol. The molecule has 0 unspecified atom stereocenters. The molecule has 68 valence electrons. The van der Waals surface area contributed by atoms with E-state index in [4.69, 9.17) is 5.73 Å². The number of hydrogen-bond acceptors (Lipinski definition) is 3. The summed E-state index contributed by atoms with van der Waals surface area (Å²) in [5.74, 6) is -0.227. The molecule has 0 spiro atoms. The first-order valence-electron chi connectivity index (χ1n) is 4.13. The molecule has 1 aliphatic heterocycles. The molecule has 13 heavy (non-hydrogen) atoms. The van der Waals surface area contributed by atoms with Crippen LogP contribution in [0.25, 0.3) is 0 Å². The molecule has 0 radical (unpaired) electrons. The van der Waals surface area contributed by atoms with Crippen LogP contribution < -0.4 is 5.73 Å². The van der Waals surface area contributed by atoms with Crippen molar-refractivity contribution < 1.29 is 4.39 Å². The van der Waals surface area contributed by atoms with Crippen LogP contribution in [0.2, 0.25) is 0 Å². The molecule has 0 saturated carbocycles. The van der Waals surface area contributed by atoms with Crippen LogP contribution in [0.15, 0.2) is 34.5 Å². The number of nitrogens with zero attached hydrogens (tertiary/aromatic N) is 2. The van der Waals surface area contributed by atoms with Crippen molar-refractivity contribution in [3.8, 4) is 0 Å². The summed E-state index contributed by atoms with van der Waals surface area (Å²) in [6.07, 6.45) is 0.670. The number of halogens is 1. The zero-order valence-corrected chi connectivity index (χ0v) is 7.07. The first-order chi connectivity index (χ1) is 6.24. The Morgan fingerprint density at radius 2 is 1.85 bits per heavy atom. The smallest absolute Gasteiger partial charge is 0.206 e. The van der Waals surface area contributed by atoms with Crippen molar-refractivity contribution in [1.82, 2.24) is 0 Å². The topological polar surface area (TPSA) is 50.7 Å². The minimum atomic E-state index is -0.405. The van der Waals surface area contributed by atoms with Crippen LogP contribution in [0, 0.1) is 5.82 Å². The highest BCUT2D eigenvalue weighted by Crippen LogP contribution is 2.30. The molecule has 3 nitrogen and oxygen atoms in total. The monoisotopic (exact) mass is 179 g/mol. The van der Waals surface area contributed by atoms with Crippen LogP contribution in [-0.2, 0) is 6.42 Å². The summed E-state index contributed by atoms with van der Waals surface area (Å²) in [4.78, 5) is 0. The van der Waals surface area contributed by atoms with E-state index in [-0.39, 0.29) is 5.82 Å². The predicted octanol–water partition coefficient (Wildman–Crippen LogP) is 1.49. The van der Waals surface area contributed by atoms with Gasteiger partial charge in [-0.25, -0.2) is 4.39 Å². The maximum atomic E-state index is 12.5. The Morgan fingerprint density at radius 3 is 2.31 bits per heavy atom. The first kappa shape index (κ1) is 8.31. The van der Waals surface area contributed by atoms with Crippen molar-refractivity contribution >= 4 is 0 Å². The van der Waals surface area contributed by atoms with E-state index in [9.17, 15) is 4.39 Å². The lowest BCUT2D eigenvalue weighted by molar-refractivity contribution is 0.601. The van der Waals surface area contributed by atoms with Crippen molar-refractivity contribution in [2.75, 3.05) is 6.54 Å². The molecule has 1 aliphatic rings. The molecule has 0 atom stereocenters. The van der Waals surface area contributed by atoms with Gasteiger partial charge >= 0.3 is 0 Å². The lowest BCUT2D eigenvalue weighted by atomic mass is 10.0. The van der Waals surface area contributed by atoms with Crippen LogP contribution in [0.4, 0.5) is 4.39 Å². The molecule has 0 amide bonds. The lowest BCUT2D eigenvalue weighted by Crippen LogP contribution is -2.26. The molecule has 0 saturated heterocycles. The van der Waals surface area contributed by atoms with E-state index >= 15 is 0 Å². The third kappa shape index (κ3) is 1.72. The van der Waals surface area contributed by atoms with Gasteiger partial charge in [-0.15, -0.1) is 0 Å². The third-order valence-electron chi connectivity index (χ3n) is 2.11. The Hall–Kier alpha value is -1.29. The van der Waals surface area contributed by atoms with E-state index in [0.717, 1.165) is 5.56 Å². The van der Waals surface area contributed by atoms with E-state index in [2.05, 4.69) is 10.2 Å². The fourth-order valence-electron chi connectivity index (χ4n) is 1.22. The Bertz CT molecular complexity index is 325. The van der Waals surface area contributed by atoms with Gasteiger partial charge in [-0.1, -0.05) is 12.1 Å². The van der Waals surface area contributed by atoms with Crippen molar-refractivity contribution in [2.24, 2.45) is 16.0 Å². The third-order valence-corrected chi connectivity index (χ3v) is 2.11. The van der Waals surface area contributed by atoms with E-state index in [1.165, 1.54) is 12.1 Å². The summed E-state index contributed by atoms with van der Waals surface area (Å²) in [6, 6.07) is 6.33. The summed E-state index contributed by atoms with van der Waals surface area (Å²) < 4.78 is 12.5. The summed E-state index contributed by atoms with van der Waals surface area (Å²) in [6.45, 7) is 0.421. The Labute approximate surface area is 75.5 Å². The van der Waals surface area contributed by atoms with Gasteiger partial charge < -0.3 is 5.73 Å². The quantitative estimate of drug-likeness (QED) is 0.750. The standard InChI is InChI=1S/C9H10FN3/c10-8-3-1-7(2-4-8)5-9(6-11)12-13-9/h1-4H,5-6,11H2. The van der Waals surface area contributed by atoms with Gasteiger partial charge in [-0.2, -0.15) is 10.2 Å². The normalized spacial score (nSPS) is 17.4. The summed E-state index contributed by atoms with van der Waals surface area (Å²) in [7, 11) is 0. The van der Waals surface area contributed by atoms with E-state index in [0.29, 0.717) is 13.0 Å². The highest BCUT2D eigenvalue weighted by molar-refractivity contribution is 5.20. The van der Waals surface area contributed by atoms with Crippen molar-refractivity contribution in [3.05, 3.63) is 35.6 Å². The van der Waals surface area contributed by atoms with E-state index in [1.54, 1.807) is 12.1 Å². The highest BCUT2D eigenvalue weighted by Gasteiger charge is 2.38. The molecule has 0 fully saturated rings. The van der Waals surface area contributed by atoms with Gasteiger partial charge in [0.1, 0.15) is 5.82 Å². The van der Waals surface area contributed by atoms with Crippen LogP contribution in [-0.4, -0.2) is 12.2 Å². The van der Waals surface area contributed by atoms with Crippen LogP contribution in [0.1, 0.15) is 5.56 Å². The molecule has 1 aromatic carbocycles. The van der Waals surface area contributed by atoms with E-state index < -0.39 is 5.66 Å². The Kier molecular flexibility index (Phi) is 1.84. The number of benzene rings is 1. The first-order valence-corrected chi connectivity index (χ1v) is 4.13. The van der Waals surface area contributed by atoms with Crippen molar-refractivity contribution in [3.63, 3.8) is 0 Å². The van der Waals surface area contributed by atoms with Gasteiger partial charge in [-0.3, -0.25) is 0 Å². The number of hydrogen-bond donors (Lipinski definition) is 1. The second-order valence-electron chi connectivity index (χ2n) is 3.19. The number of rotatable bonds is 3. The summed E-state index contributed by atoms with van der Waals surface area (Å²) in [5.41, 5.74) is 6.09. The van der Waals surface area contributed by atoms with Gasteiger partial charge in [0.25, 0.3) is 0 Å². The van der Waals surface area contributed by atoms with E-state index in [1.807, 2.05) is 0 Å². The van der Waals surface area contributed by atoms with Gasteiger partial charge in [0, 0.05) is 13.0 Å². The largest absolute Gasteiger partial charge is 0.326 e. The average Bonchev–Trinajstić information content (AvgIpc) is 2.90. The molecule has 0 bridgehead atoms. The molecular formula is C9H10FN3. The van der Waals surface area contributed by atoms with Crippen LogP contribution in [0.3, 0.4) is 0 Å². The molecule has 2 N–H and O–H groups in total. The minimum absolute atomic E-state index is 0.227. The lowest BCUT2D eigenvalue weighted by Gasteiger charge is -2.06. The fraction of sp³-hybridized carbons (Fsp3) is 0.333. The maximum absolute atomic E-state index is 12.5. The predicted molar refractivity (Wildman–Crippen MR) is 46.7 cm³/mol. The Morgan fingerprint density at radius 1 is 1.23 bits per heavy atom. The fourth-order valence-corrected chi connectivity index (χ4v) is 1.22. The Balaban J connectivity index is 2.06. The summed E-state index contributed by atoms with van der Waals surface area (Å²) >= 11 is 0. The van der Waals surface area contributed by atoms with Crippen LogP contribution in [0.5, 0.6) is 0 Å². The van der Waals surface area contributed by atoms with Crippen molar-refractivity contribution in [1.29, 1.82) is 0 Å². The van der Waals surface area contributed by atoms with Gasteiger partial charge in [0.15, 0.2) is 0 Å². The highest BCUT2D eigenvalue weighted by atomic mass is 19.1. The van der Waals surface area contributed by atoms with Gasteiger partial charge in [0.2, 0.25) is 5.66 Å². The number of nitrogens with two attached hydrogens (primary N) is 1. The van der Waals surface area contributed by atoms with Crippen LogP contribution >= 0.6 is 0 Å². The van der Waals surface area contributed by atoms with Crippen molar-refractivity contribution in [2.45, 2.75) is 12.1 Å². The zero-order chi connectivity index (χ0) is 9.31. The molecule has 2 rings (SSSR count). The maximum Gasteiger partial charge on any atom is 0.206 e. The minimum Gasteiger partial charge on any atom is -0.326 e. The molecule has 4 heteroatoms. The molecule has 1 aromatic rings. The zero-order valence-electron chi connectivity index (χ0n) is 7.07. The molecule has 0 aromatic heterocycles. The second-order valence-corrected chi connectivity index (χ2v) is 3.19.